The second kappa shape index (κ2) is 1.99. The SMILES string of the molecule is C1=CC2CC=CC(C1)N2. The van der Waals surface area contributed by atoms with Crippen molar-refractivity contribution in [1.29, 1.82) is 0 Å². The lowest BCUT2D eigenvalue weighted by molar-refractivity contribution is 0.491. The molecule has 1 heteroatoms. The van der Waals surface area contributed by atoms with E-state index in [4.69, 9.17) is 0 Å². The quantitative estimate of drug-likeness (QED) is 0.475. The second-order valence-electron chi connectivity index (χ2n) is 2.71. The van der Waals surface area contributed by atoms with E-state index in [0.717, 1.165) is 0 Å². The Balaban J connectivity index is 2.20. The molecule has 2 atom stereocenters. The van der Waals surface area contributed by atoms with E-state index in [9.17, 15) is 0 Å². The molecule has 48 valence electrons. The fraction of sp³-hybridized carbons (Fsp3) is 0.500. The summed E-state index contributed by atoms with van der Waals surface area (Å²) in [6.07, 6.45) is 11.4. The topological polar surface area (TPSA) is 12.0 Å². The van der Waals surface area contributed by atoms with E-state index < -0.39 is 0 Å². The number of nitrogens with one attached hydrogen (secondary N) is 1. The Bertz CT molecular complexity index is 140. The van der Waals surface area contributed by atoms with E-state index in [1.165, 1.54) is 12.8 Å². The summed E-state index contributed by atoms with van der Waals surface area (Å²) in [7, 11) is 0. The molecule has 1 N–H and O–H groups in total. The van der Waals surface area contributed by atoms with E-state index in [0.29, 0.717) is 12.1 Å². The predicted molar refractivity (Wildman–Crippen MR) is 38.2 cm³/mol. The molecular weight excluding hydrogens is 110 g/mol. The maximum atomic E-state index is 3.48. The van der Waals surface area contributed by atoms with Crippen LogP contribution in [-0.4, -0.2) is 12.1 Å². The van der Waals surface area contributed by atoms with Crippen molar-refractivity contribution in [1.82, 2.24) is 5.32 Å². The van der Waals surface area contributed by atoms with Gasteiger partial charge in [0.1, 0.15) is 0 Å². The van der Waals surface area contributed by atoms with Crippen LogP contribution in [0.25, 0.3) is 0 Å². The minimum atomic E-state index is 0.633. The lowest BCUT2D eigenvalue weighted by Crippen LogP contribution is -2.40. The normalized spacial score (nSPS) is 39.1. The smallest absolute Gasteiger partial charge is 0.0290 e. The highest BCUT2D eigenvalue weighted by Gasteiger charge is 2.15. The first kappa shape index (κ1) is 5.24. The van der Waals surface area contributed by atoms with E-state index in [1.807, 2.05) is 0 Å². The van der Waals surface area contributed by atoms with Gasteiger partial charge in [-0.3, -0.25) is 0 Å². The van der Waals surface area contributed by atoms with Crippen LogP contribution in [0.2, 0.25) is 0 Å². The van der Waals surface area contributed by atoms with Gasteiger partial charge in [-0.05, 0) is 12.8 Å². The first-order valence-electron chi connectivity index (χ1n) is 3.54. The van der Waals surface area contributed by atoms with E-state index in [-0.39, 0.29) is 0 Å². The van der Waals surface area contributed by atoms with Gasteiger partial charge in [0, 0.05) is 12.1 Å². The van der Waals surface area contributed by atoms with Crippen LogP contribution in [0, 0.1) is 0 Å². The summed E-state index contributed by atoms with van der Waals surface area (Å²) in [5.74, 6) is 0. The van der Waals surface area contributed by atoms with Gasteiger partial charge in [-0.2, -0.15) is 0 Å². The van der Waals surface area contributed by atoms with Crippen molar-refractivity contribution < 1.29 is 0 Å². The first-order valence-corrected chi connectivity index (χ1v) is 3.54. The van der Waals surface area contributed by atoms with Gasteiger partial charge in [-0.1, -0.05) is 24.3 Å². The molecule has 2 rings (SSSR count). The van der Waals surface area contributed by atoms with Crippen LogP contribution in [0.5, 0.6) is 0 Å². The summed E-state index contributed by atoms with van der Waals surface area (Å²) in [4.78, 5) is 0. The highest BCUT2D eigenvalue weighted by molar-refractivity contribution is 5.14. The largest absolute Gasteiger partial charge is 0.304 e. The van der Waals surface area contributed by atoms with Gasteiger partial charge in [0.05, 0.1) is 0 Å². The minimum Gasteiger partial charge on any atom is -0.304 e. The lowest BCUT2D eigenvalue weighted by Gasteiger charge is -2.27. The molecule has 0 aromatic heterocycles. The van der Waals surface area contributed by atoms with Crippen molar-refractivity contribution in [3.63, 3.8) is 0 Å². The average Bonchev–Trinajstić information content (AvgIpc) is 1.88. The monoisotopic (exact) mass is 121 g/mol. The Morgan fingerprint density at radius 1 is 1.00 bits per heavy atom. The molecule has 2 aliphatic rings. The third kappa shape index (κ3) is 0.924. The molecule has 0 aromatic rings. The van der Waals surface area contributed by atoms with Crippen molar-refractivity contribution in [2.45, 2.75) is 24.9 Å². The molecule has 0 saturated carbocycles. The molecule has 1 nitrogen and oxygen atoms in total. The molecule has 0 spiro atoms. The molecule has 2 unspecified atom stereocenters. The summed E-state index contributed by atoms with van der Waals surface area (Å²) in [6, 6.07) is 1.27. The fourth-order valence-corrected chi connectivity index (χ4v) is 1.46. The number of rotatable bonds is 0. The number of hydrogen-bond acceptors (Lipinski definition) is 1. The van der Waals surface area contributed by atoms with E-state index >= 15 is 0 Å². The van der Waals surface area contributed by atoms with Crippen molar-refractivity contribution >= 4 is 0 Å². The van der Waals surface area contributed by atoms with Crippen LogP contribution in [0.15, 0.2) is 24.3 Å². The van der Waals surface area contributed by atoms with Gasteiger partial charge in [0.2, 0.25) is 0 Å². The Labute approximate surface area is 55.5 Å². The number of fused-ring (bicyclic) bond motifs is 2. The molecule has 2 bridgehead atoms. The number of hydrogen-bond donors (Lipinski definition) is 1. The Hall–Kier alpha value is -0.560. The zero-order chi connectivity index (χ0) is 6.10. The first-order chi connectivity index (χ1) is 4.45. The van der Waals surface area contributed by atoms with Crippen LogP contribution in [0.4, 0.5) is 0 Å². The molecular formula is C8H11N. The summed E-state index contributed by atoms with van der Waals surface area (Å²) in [5, 5.41) is 3.48. The van der Waals surface area contributed by atoms with Crippen LogP contribution in [0.1, 0.15) is 12.8 Å². The highest BCUT2D eigenvalue weighted by atomic mass is 15.0. The molecule has 0 saturated heterocycles. The summed E-state index contributed by atoms with van der Waals surface area (Å²) < 4.78 is 0. The Kier molecular flexibility index (Phi) is 1.16. The maximum absolute atomic E-state index is 3.48. The van der Waals surface area contributed by atoms with Crippen LogP contribution < -0.4 is 5.32 Å². The molecule has 0 aromatic carbocycles. The summed E-state index contributed by atoms with van der Waals surface area (Å²) in [5.41, 5.74) is 0. The van der Waals surface area contributed by atoms with Gasteiger partial charge >= 0.3 is 0 Å². The average molecular weight is 121 g/mol. The molecule has 0 aliphatic carbocycles. The molecule has 9 heavy (non-hydrogen) atoms. The summed E-state index contributed by atoms with van der Waals surface area (Å²) >= 11 is 0. The van der Waals surface area contributed by atoms with Gasteiger partial charge in [-0.25, -0.2) is 0 Å². The molecule has 0 amide bonds. The van der Waals surface area contributed by atoms with Crippen molar-refractivity contribution in [2.24, 2.45) is 0 Å². The van der Waals surface area contributed by atoms with Crippen molar-refractivity contribution in [2.75, 3.05) is 0 Å². The van der Waals surface area contributed by atoms with E-state index in [1.54, 1.807) is 0 Å². The zero-order valence-electron chi connectivity index (χ0n) is 5.38. The van der Waals surface area contributed by atoms with Gasteiger partial charge in [0.15, 0.2) is 0 Å². The minimum absolute atomic E-state index is 0.633. The predicted octanol–water partition coefficient (Wildman–Crippen LogP) is 1.23. The van der Waals surface area contributed by atoms with Crippen LogP contribution in [-0.2, 0) is 0 Å². The zero-order valence-corrected chi connectivity index (χ0v) is 5.38. The molecule has 0 fully saturated rings. The molecule has 2 aliphatic heterocycles. The third-order valence-corrected chi connectivity index (χ3v) is 1.94. The van der Waals surface area contributed by atoms with E-state index in [2.05, 4.69) is 29.6 Å². The highest BCUT2D eigenvalue weighted by Crippen LogP contribution is 2.13. The Morgan fingerprint density at radius 2 is 1.56 bits per heavy atom. The fourth-order valence-electron chi connectivity index (χ4n) is 1.46. The van der Waals surface area contributed by atoms with Gasteiger partial charge in [0.25, 0.3) is 0 Å². The van der Waals surface area contributed by atoms with Crippen molar-refractivity contribution in [3.05, 3.63) is 24.3 Å². The van der Waals surface area contributed by atoms with Gasteiger partial charge < -0.3 is 5.32 Å². The maximum Gasteiger partial charge on any atom is 0.0290 e. The second-order valence-corrected chi connectivity index (χ2v) is 2.71. The third-order valence-electron chi connectivity index (χ3n) is 1.94. The molecule has 0 radical (unpaired) electrons. The lowest BCUT2D eigenvalue weighted by atomic mass is 9.98. The molecule has 2 heterocycles. The standard InChI is InChI=1S/C8H11N/c1-3-7-5-2-6-8(4-1)9-7/h1-3,6-9H,4-5H2. The Morgan fingerprint density at radius 3 is 2.00 bits per heavy atom. The summed E-state index contributed by atoms with van der Waals surface area (Å²) in [6.45, 7) is 0. The van der Waals surface area contributed by atoms with Crippen molar-refractivity contribution in [3.8, 4) is 0 Å². The van der Waals surface area contributed by atoms with Crippen LogP contribution in [0.3, 0.4) is 0 Å². The van der Waals surface area contributed by atoms with Gasteiger partial charge in [-0.15, -0.1) is 0 Å². The van der Waals surface area contributed by atoms with Crippen LogP contribution >= 0.6 is 0 Å².